The van der Waals surface area contributed by atoms with Crippen LogP contribution in [0.3, 0.4) is 0 Å². The number of nitrogens with one attached hydrogen (secondary N) is 3. The summed E-state index contributed by atoms with van der Waals surface area (Å²) in [6.07, 6.45) is -1.92. The van der Waals surface area contributed by atoms with Crippen molar-refractivity contribution >= 4 is 27.8 Å². The molecule has 3 N–H and O–H groups in total. The molecule has 6 rings (SSSR count). The SMILES string of the molecule is O=C1CCNC(=O)c2ccc(cc2)Cc2nc(nc(OCC(F)(F)F)n2)NCc2ccc(cc2)OCC=CCS(=O)(=O)N1. The Balaban J connectivity index is 1.55. The van der Waals surface area contributed by atoms with Crippen LogP contribution in [-0.2, 0) is 27.8 Å². The van der Waals surface area contributed by atoms with Crippen molar-refractivity contribution in [1.82, 2.24) is 25.0 Å². The van der Waals surface area contributed by atoms with Gasteiger partial charge in [0.25, 0.3) is 5.91 Å². The highest BCUT2D eigenvalue weighted by Gasteiger charge is 2.29. The zero-order valence-electron chi connectivity index (χ0n) is 22.6. The molecule has 3 aromatic rings. The molecular weight excluding hydrogens is 593 g/mol. The first-order chi connectivity index (χ1) is 20.4. The number of rotatable bonds is 2. The highest BCUT2D eigenvalue weighted by atomic mass is 32.2. The Hall–Kier alpha value is -4.73. The van der Waals surface area contributed by atoms with E-state index in [0.29, 0.717) is 11.3 Å². The van der Waals surface area contributed by atoms with E-state index >= 15 is 0 Å². The quantitative estimate of drug-likeness (QED) is 0.363. The number of amides is 2. The van der Waals surface area contributed by atoms with Gasteiger partial charge in [-0.15, -0.1) is 0 Å². The monoisotopic (exact) mass is 620 g/mol. The summed E-state index contributed by atoms with van der Waals surface area (Å²) in [4.78, 5) is 36.8. The first kappa shape index (κ1) is 31.2. The highest BCUT2D eigenvalue weighted by Crippen LogP contribution is 2.19. The van der Waals surface area contributed by atoms with Gasteiger partial charge in [-0.1, -0.05) is 36.4 Å². The number of carbonyl (C=O) groups excluding carboxylic acids is 2. The lowest BCUT2D eigenvalue weighted by Crippen LogP contribution is -2.35. The number of carbonyl (C=O) groups is 2. The van der Waals surface area contributed by atoms with Crippen LogP contribution in [0.4, 0.5) is 19.1 Å². The molecule has 43 heavy (non-hydrogen) atoms. The van der Waals surface area contributed by atoms with Gasteiger partial charge in [0.15, 0.2) is 6.61 Å². The average Bonchev–Trinajstić information content (AvgIpc) is 2.94. The first-order valence-electron chi connectivity index (χ1n) is 12.9. The number of benzene rings is 2. The van der Waals surface area contributed by atoms with Crippen LogP contribution in [0.25, 0.3) is 0 Å². The van der Waals surface area contributed by atoms with Gasteiger partial charge in [-0.05, 0) is 35.4 Å². The standard InChI is InChI=1S/C27H27F3N6O6S/c28-27(29,30)17-42-26-34-22-15-18-3-7-20(8-4-18)24(38)31-12-11-23(37)36-43(39,40)14-2-1-13-41-21-9-5-19(6-10-21)16-32-25(33-22)35-26/h1-10H,11-17H2,(H,31,38)(H,36,37)(H,32,33,34,35). The summed E-state index contributed by atoms with van der Waals surface area (Å²) in [6.45, 7) is -1.39. The summed E-state index contributed by atoms with van der Waals surface area (Å²) in [5, 5.41) is 5.50. The van der Waals surface area contributed by atoms with E-state index in [0.717, 1.165) is 5.56 Å². The van der Waals surface area contributed by atoms with Gasteiger partial charge in [-0.3, -0.25) is 14.3 Å². The van der Waals surface area contributed by atoms with Gasteiger partial charge in [-0.2, -0.15) is 28.1 Å². The number of nitrogens with zero attached hydrogens (tertiary/aromatic N) is 3. The lowest BCUT2D eigenvalue weighted by atomic mass is 10.1. The van der Waals surface area contributed by atoms with Gasteiger partial charge in [-0.25, -0.2) is 8.42 Å². The minimum atomic E-state index is -4.59. The average molecular weight is 621 g/mol. The Labute approximate surface area is 244 Å². The molecule has 0 saturated heterocycles. The number of hydrogen-bond donors (Lipinski definition) is 3. The van der Waals surface area contributed by atoms with E-state index in [4.69, 9.17) is 9.47 Å². The second kappa shape index (κ2) is 14.0. The maximum Gasteiger partial charge on any atom is 0.422 e. The van der Waals surface area contributed by atoms with Crippen LogP contribution in [0, 0.1) is 0 Å². The van der Waals surface area contributed by atoms with Crippen molar-refractivity contribution in [2.45, 2.75) is 25.6 Å². The third kappa shape index (κ3) is 10.6. The number of ether oxygens (including phenoxy) is 2. The molecule has 4 heterocycles. The van der Waals surface area contributed by atoms with Gasteiger partial charge in [0.1, 0.15) is 18.2 Å². The van der Waals surface area contributed by atoms with E-state index in [9.17, 15) is 31.2 Å². The molecule has 1 aromatic heterocycles. The Morgan fingerprint density at radius 3 is 2.35 bits per heavy atom. The molecule has 0 radical (unpaired) electrons. The van der Waals surface area contributed by atoms with Crippen molar-refractivity contribution in [3.63, 3.8) is 0 Å². The van der Waals surface area contributed by atoms with E-state index in [-0.39, 0.29) is 49.9 Å². The Morgan fingerprint density at radius 2 is 1.63 bits per heavy atom. The fourth-order valence-corrected chi connectivity index (χ4v) is 4.60. The van der Waals surface area contributed by atoms with Crippen LogP contribution >= 0.6 is 0 Å². The second-order valence-electron chi connectivity index (χ2n) is 9.23. The van der Waals surface area contributed by atoms with E-state index < -0.39 is 46.4 Å². The fourth-order valence-electron chi connectivity index (χ4n) is 3.67. The number of halogens is 3. The summed E-state index contributed by atoms with van der Waals surface area (Å²) in [5.41, 5.74) is 1.69. The molecule has 0 aliphatic carbocycles. The van der Waals surface area contributed by atoms with Gasteiger partial charge in [0.05, 0.1) is 5.75 Å². The summed E-state index contributed by atoms with van der Waals surface area (Å²) < 4.78 is 74.9. The van der Waals surface area contributed by atoms with Crippen LogP contribution in [-0.4, -0.2) is 66.9 Å². The molecule has 16 heteroatoms. The van der Waals surface area contributed by atoms with Crippen molar-refractivity contribution in [3.05, 3.63) is 83.2 Å². The number of fused-ring (bicyclic) bond motifs is 2. The van der Waals surface area contributed by atoms with Crippen molar-refractivity contribution in [3.8, 4) is 11.8 Å². The third-order valence-electron chi connectivity index (χ3n) is 5.71. The Kier molecular flexibility index (Phi) is 10.1. The molecule has 2 amide bonds. The van der Waals surface area contributed by atoms with Crippen LogP contribution < -0.4 is 24.8 Å². The predicted molar refractivity (Wildman–Crippen MR) is 148 cm³/mol. The number of sulfonamides is 1. The zero-order valence-corrected chi connectivity index (χ0v) is 23.4. The zero-order chi connectivity index (χ0) is 30.9. The Bertz CT molecular complexity index is 1570. The van der Waals surface area contributed by atoms with Crippen LogP contribution in [0.15, 0.2) is 60.7 Å². The molecule has 3 aliphatic rings. The van der Waals surface area contributed by atoms with Gasteiger partial charge < -0.3 is 20.1 Å². The summed E-state index contributed by atoms with van der Waals surface area (Å²) in [6, 6.07) is 12.6. The lowest BCUT2D eigenvalue weighted by Gasteiger charge is -2.12. The predicted octanol–water partition coefficient (Wildman–Crippen LogP) is 2.53. The van der Waals surface area contributed by atoms with E-state index in [1.807, 2.05) is 4.72 Å². The van der Waals surface area contributed by atoms with Crippen LogP contribution in [0.1, 0.15) is 33.7 Å². The van der Waals surface area contributed by atoms with Gasteiger partial charge >= 0.3 is 12.2 Å². The number of anilines is 1. The smallest absolute Gasteiger partial charge is 0.422 e. The van der Waals surface area contributed by atoms with Crippen molar-refractivity contribution in [2.24, 2.45) is 0 Å². The molecule has 0 spiro atoms. The summed E-state index contributed by atoms with van der Waals surface area (Å²) in [5.74, 6) is -1.06. The molecule has 0 atom stereocenters. The van der Waals surface area contributed by atoms with Crippen LogP contribution in [0.5, 0.6) is 11.8 Å². The lowest BCUT2D eigenvalue weighted by molar-refractivity contribution is -0.154. The molecule has 2 aromatic carbocycles. The summed E-state index contributed by atoms with van der Waals surface area (Å²) in [7, 11) is -3.91. The van der Waals surface area contributed by atoms with Crippen LogP contribution in [0.2, 0.25) is 0 Å². The fraction of sp³-hybridized carbons (Fsp3) is 0.296. The van der Waals surface area contributed by atoms with Crippen molar-refractivity contribution in [2.75, 3.05) is 30.8 Å². The molecule has 0 fully saturated rings. The van der Waals surface area contributed by atoms with Gasteiger partial charge in [0.2, 0.25) is 21.9 Å². The number of aromatic nitrogens is 3. The number of alkyl halides is 3. The molecular formula is C27H27F3N6O6S. The Morgan fingerprint density at radius 1 is 0.907 bits per heavy atom. The molecule has 0 unspecified atom stereocenters. The van der Waals surface area contributed by atoms with Gasteiger partial charge in [0, 0.05) is 31.5 Å². The maximum atomic E-state index is 12.8. The minimum Gasteiger partial charge on any atom is -0.490 e. The topological polar surface area (TPSA) is 162 Å². The third-order valence-corrected chi connectivity index (χ3v) is 6.88. The van der Waals surface area contributed by atoms with E-state index in [1.54, 1.807) is 36.4 Å². The molecule has 6 bridgehead atoms. The number of hydrogen-bond acceptors (Lipinski definition) is 10. The maximum absolute atomic E-state index is 12.8. The molecule has 3 aliphatic heterocycles. The van der Waals surface area contributed by atoms with E-state index in [2.05, 4.69) is 25.6 Å². The highest BCUT2D eigenvalue weighted by molar-refractivity contribution is 7.90. The molecule has 0 saturated carbocycles. The molecule has 12 nitrogen and oxygen atoms in total. The summed E-state index contributed by atoms with van der Waals surface area (Å²) >= 11 is 0. The van der Waals surface area contributed by atoms with Crippen molar-refractivity contribution in [1.29, 1.82) is 0 Å². The normalized spacial score (nSPS) is 16.4. The largest absolute Gasteiger partial charge is 0.490 e. The first-order valence-corrected chi connectivity index (χ1v) is 14.5. The van der Waals surface area contributed by atoms with E-state index in [1.165, 1.54) is 24.3 Å². The minimum absolute atomic E-state index is 0.00376. The molecule has 228 valence electrons. The van der Waals surface area contributed by atoms with Crippen molar-refractivity contribution < 1.29 is 40.7 Å². The second-order valence-corrected chi connectivity index (χ2v) is 11.0.